The minimum atomic E-state index is -3.54. The molecule has 2 unspecified atom stereocenters. The molecule has 1 saturated carbocycles. The maximum absolute atomic E-state index is 12.3. The van der Waals surface area contributed by atoms with E-state index in [9.17, 15) is 8.42 Å². The van der Waals surface area contributed by atoms with Crippen molar-refractivity contribution in [2.45, 2.75) is 70.2 Å². The molecule has 5 nitrogen and oxygen atoms in total. The van der Waals surface area contributed by atoms with Gasteiger partial charge in [0.1, 0.15) is 5.76 Å². The molecular formula is C15H26N2O3S. The van der Waals surface area contributed by atoms with Gasteiger partial charge in [0, 0.05) is 11.6 Å². The van der Waals surface area contributed by atoms with E-state index in [1.807, 2.05) is 0 Å². The number of hydrogen-bond acceptors (Lipinski definition) is 4. The maximum Gasteiger partial charge on any atom is 0.274 e. The van der Waals surface area contributed by atoms with Crippen LogP contribution < -0.4 is 10.0 Å². The summed E-state index contributed by atoms with van der Waals surface area (Å²) in [6.45, 7) is 8.82. The summed E-state index contributed by atoms with van der Waals surface area (Å²) in [6.07, 6.45) is 2.88. The van der Waals surface area contributed by atoms with Gasteiger partial charge in [0.15, 0.2) is 0 Å². The first-order valence-corrected chi connectivity index (χ1v) is 9.00. The molecule has 6 heteroatoms. The minimum absolute atomic E-state index is 0.00719. The Morgan fingerprint density at radius 2 is 2.00 bits per heavy atom. The zero-order chi connectivity index (χ0) is 15.7. The van der Waals surface area contributed by atoms with E-state index in [4.69, 9.17) is 4.42 Å². The molecule has 0 saturated heterocycles. The lowest BCUT2D eigenvalue weighted by atomic mass is 10.1. The van der Waals surface area contributed by atoms with Gasteiger partial charge in [-0.25, -0.2) is 13.1 Å². The van der Waals surface area contributed by atoms with Crippen LogP contribution in [0.3, 0.4) is 0 Å². The molecule has 2 rings (SSSR count). The first kappa shape index (κ1) is 16.5. The summed E-state index contributed by atoms with van der Waals surface area (Å²) < 4.78 is 32.8. The van der Waals surface area contributed by atoms with Gasteiger partial charge < -0.3 is 9.73 Å². The molecule has 2 atom stereocenters. The molecule has 1 aliphatic rings. The Balaban J connectivity index is 1.99. The van der Waals surface area contributed by atoms with E-state index >= 15 is 0 Å². The zero-order valence-corrected chi connectivity index (χ0v) is 14.1. The predicted octanol–water partition coefficient (Wildman–Crippen LogP) is 2.63. The van der Waals surface area contributed by atoms with Crippen LogP contribution in [0.25, 0.3) is 0 Å². The molecule has 0 aromatic carbocycles. The summed E-state index contributed by atoms with van der Waals surface area (Å²) >= 11 is 0. The smallest absolute Gasteiger partial charge is 0.274 e. The van der Waals surface area contributed by atoms with Crippen LogP contribution in [0.4, 0.5) is 0 Å². The third kappa shape index (κ3) is 4.83. The molecule has 1 fully saturated rings. The molecule has 0 amide bonds. The van der Waals surface area contributed by atoms with E-state index in [1.165, 1.54) is 6.07 Å². The summed E-state index contributed by atoms with van der Waals surface area (Å²) in [7, 11) is -3.54. The highest BCUT2D eigenvalue weighted by molar-refractivity contribution is 7.89. The van der Waals surface area contributed by atoms with E-state index in [-0.39, 0.29) is 16.7 Å². The van der Waals surface area contributed by atoms with Crippen LogP contribution in [0.1, 0.15) is 52.7 Å². The molecule has 1 aromatic rings. The highest BCUT2D eigenvalue weighted by atomic mass is 32.2. The van der Waals surface area contributed by atoms with Crippen molar-refractivity contribution in [3.8, 4) is 0 Å². The van der Waals surface area contributed by atoms with Crippen LogP contribution in [-0.4, -0.2) is 20.0 Å². The lowest BCUT2D eigenvalue weighted by Gasteiger charge is -2.19. The summed E-state index contributed by atoms with van der Waals surface area (Å²) in [5.41, 5.74) is -0.0376. The number of nitrogens with one attached hydrogen (secondary N) is 2. The van der Waals surface area contributed by atoms with Gasteiger partial charge in [0.05, 0.1) is 6.54 Å². The highest BCUT2D eigenvalue weighted by Crippen LogP contribution is 2.26. The van der Waals surface area contributed by atoms with Gasteiger partial charge in [-0.15, -0.1) is 0 Å². The lowest BCUT2D eigenvalue weighted by molar-refractivity contribution is 0.358. The van der Waals surface area contributed by atoms with Crippen LogP contribution in [0.15, 0.2) is 21.6 Å². The standard InChI is InChI=1S/C15H26N2O3S/c1-11-5-6-12(9-11)17-21(18,19)14-8-7-13(20-14)10-16-15(2,3)4/h7-8,11-12,16-17H,5-6,9-10H2,1-4H3. The number of furan rings is 1. The summed E-state index contributed by atoms with van der Waals surface area (Å²) in [4.78, 5) is 0. The Bertz CT molecular complexity index is 572. The second-order valence-corrected chi connectivity index (χ2v) is 8.71. The molecule has 0 spiro atoms. The van der Waals surface area contributed by atoms with Crippen LogP contribution in [-0.2, 0) is 16.6 Å². The van der Waals surface area contributed by atoms with Crippen LogP contribution in [0.5, 0.6) is 0 Å². The second kappa shape index (κ2) is 6.10. The van der Waals surface area contributed by atoms with E-state index in [0.29, 0.717) is 18.2 Å². The van der Waals surface area contributed by atoms with Crippen molar-refractivity contribution in [3.63, 3.8) is 0 Å². The summed E-state index contributed by atoms with van der Waals surface area (Å²) in [5.74, 6) is 1.21. The van der Waals surface area contributed by atoms with E-state index < -0.39 is 10.0 Å². The van der Waals surface area contributed by atoms with Crippen LogP contribution in [0.2, 0.25) is 0 Å². The van der Waals surface area contributed by atoms with Gasteiger partial charge in [0.25, 0.3) is 10.0 Å². The Morgan fingerprint density at radius 3 is 2.57 bits per heavy atom. The first-order chi connectivity index (χ1) is 9.66. The molecule has 0 aliphatic heterocycles. The fourth-order valence-electron chi connectivity index (χ4n) is 2.54. The molecule has 120 valence electrons. The van der Waals surface area contributed by atoms with Gasteiger partial charge in [-0.2, -0.15) is 0 Å². The highest BCUT2D eigenvalue weighted by Gasteiger charge is 2.28. The van der Waals surface area contributed by atoms with Gasteiger partial charge >= 0.3 is 0 Å². The molecule has 2 N–H and O–H groups in total. The average Bonchev–Trinajstić information content (AvgIpc) is 2.95. The third-order valence-electron chi connectivity index (χ3n) is 3.71. The average molecular weight is 314 g/mol. The van der Waals surface area contributed by atoms with Crippen molar-refractivity contribution >= 4 is 10.0 Å². The molecule has 1 aromatic heterocycles. The fourth-order valence-corrected chi connectivity index (χ4v) is 3.77. The fraction of sp³-hybridized carbons (Fsp3) is 0.733. The van der Waals surface area contributed by atoms with Crippen LogP contribution in [0, 0.1) is 5.92 Å². The Kier molecular flexibility index (Phi) is 4.80. The monoisotopic (exact) mass is 314 g/mol. The van der Waals surface area contributed by atoms with Crippen molar-refractivity contribution in [1.29, 1.82) is 0 Å². The van der Waals surface area contributed by atoms with Gasteiger partial charge in [-0.3, -0.25) is 0 Å². The van der Waals surface area contributed by atoms with Crippen LogP contribution >= 0.6 is 0 Å². The van der Waals surface area contributed by atoms with Crippen molar-refractivity contribution in [2.24, 2.45) is 5.92 Å². The number of rotatable bonds is 5. The van der Waals surface area contributed by atoms with Gasteiger partial charge in [-0.05, 0) is 58.1 Å². The summed E-state index contributed by atoms with van der Waals surface area (Å²) in [6, 6.07) is 3.27. The van der Waals surface area contributed by atoms with Crippen molar-refractivity contribution in [2.75, 3.05) is 0 Å². The Hall–Kier alpha value is -0.850. The molecular weight excluding hydrogens is 288 g/mol. The largest absolute Gasteiger partial charge is 0.447 e. The quantitative estimate of drug-likeness (QED) is 0.876. The SMILES string of the molecule is CC1CCC(NS(=O)(=O)c2ccc(CNC(C)(C)C)o2)C1. The van der Waals surface area contributed by atoms with Gasteiger partial charge in [-0.1, -0.05) is 6.92 Å². The Labute approximate surface area is 127 Å². The van der Waals surface area contributed by atoms with Crippen molar-refractivity contribution < 1.29 is 12.8 Å². The normalized spacial score (nSPS) is 23.6. The van der Waals surface area contributed by atoms with Gasteiger partial charge in [0.2, 0.25) is 5.09 Å². The second-order valence-electron chi connectivity index (χ2n) is 7.06. The predicted molar refractivity (Wildman–Crippen MR) is 82.4 cm³/mol. The molecule has 0 radical (unpaired) electrons. The van der Waals surface area contributed by atoms with Crippen molar-refractivity contribution in [1.82, 2.24) is 10.0 Å². The molecule has 1 heterocycles. The topological polar surface area (TPSA) is 71.3 Å². The molecule has 0 bridgehead atoms. The zero-order valence-electron chi connectivity index (χ0n) is 13.3. The Morgan fingerprint density at radius 1 is 1.29 bits per heavy atom. The van der Waals surface area contributed by atoms with Crippen molar-refractivity contribution in [3.05, 3.63) is 17.9 Å². The van der Waals surface area contributed by atoms with E-state index in [0.717, 1.165) is 19.3 Å². The number of hydrogen-bond donors (Lipinski definition) is 2. The van der Waals surface area contributed by atoms with E-state index in [2.05, 4.69) is 37.7 Å². The third-order valence-corrected chi connectivity index (χ3v) is 5.10. The maximum atomic E-state index is 12.3. The van der Waals surface area contributed by atoms with E-state index in [1.54, 1.807) is 6.07 Å². The minimum Gasteiger partial charge on any atom is -0.447 e. The summed E-state index contributed by atoms with van der Waals surface area (Å²) in [5, 5.41) is 3.28. The molecule has 21 heavy (non-hydrogen) atoms. The number of sulfonamides is 1. The molecule has 1 aliphatic carbocycles. The lowest BCUT2D eigenvalue weighted by Crippen LogP contribution is -2.35. The first-order valence-electron chi connectivity index (χ1n) is 7.52.